The van der Waals surface area contributed by atoms with E-state index in [1.165, 1.54) is 42.2 Å². The van der Waals surface area contributed by atoms with Crippen molar-refractivity contribution >= 4 is 82.6 Å². The Morgan fingerprint density at radius 3 is 1.49 bits per heavy atom. The van der Waals surface area contributed by atoms with Crippen LogP contribution in [0.4, 0.5) is 0 Å². The summed E-state index contributed by atoms with van der Waals surface area (Å²) < 4.78 is 0. The molecule has 304 valence electrons. The highest BCUT2D eigenvalue weighted by Gasteiger charge is 2.31. The summed E-state index contributed by atoms with van der Waals surface area (Å²) in [7, 11) is 0. The summed E-state index contributed by atoms with van der Waals surface area (Å²) in [5, 5.41) is 15.8. The highest BCUT2D eigenvalue weighted by atomic mass is 32.2. The molecule has 0 heterocycles. The molecule has 0 spiro atoms. The van der Waals surface area contributed by atoms with E-state index in [0.717, 1.165) is 0 Å². The fourth-order valence-electron chi connectivity index (χ4n) is 4.66. The molecule has 0 aliphatic heterocycles. The molecule has 18 nitrogen and oxygen atoms in total. The minimum absolute atomic E-state index is 0.0674. The van der Waals surface area contributed by atoms with Crippen molar-refractivity contribution in [3.05, 3.63) is 0 Å². The molecular weight excluding hydrogens is 747 g/mol. The molecule has 0 rings (SSSR count). The van der Waals surface area contributed by atoms with Crippen LogP contribution in [0.25, 0.3) is 0 Å². The number of carbonyl (C=O) groups excluding carboxylic acids is 7. The summed E-state index contributed by atoms with van der Waals surface area (Å²) in [6, 6.07) is -5.98. The predicted octanol–water partition coefficient (Wildman–Crippen LogP) is -2.28. The number of nitrogens with zero attached hydrogens (tertiary/aromatic N) is 1. The Hall–Kier alpha value is -3.43. The van der Waals surface area contributed by atoms with Crippen LogP contribution in [0.15, 0.2) is 4.99 Å². The summed E-state index contributed by atoms with van der Waals surface area (Å²) in [6.45, 7) is 4.91. The van der Waals surface area contributed by atoms with Crippen LogP contribution < -0.4 is 54.8 Å². The maximum Gasteiger partial charge on any atom is 0.243 e. The lowest BCUT2D eigenvalue weighted by molar-refractivity contribution is -0.135. The average molecular weight is 808 g/mol. The first kappa shape index (κ1) is 49.6. The van der Waals surface area contributed by atoms with Gasteiger partial charge in [0.2, 0.25) is 41.4 Å². The van der Waals surface area contributed by atoms with Crippen molar-refractivity contribution in [1.29, 1.82) is 0 Å². The molecule has 53 heavy (non-hydrogen) atoms. The van der Waals surface area contributed by atoms with Crippen molar-refractivity contribution in [1.82, 2.24) is 31.9 Å². The van der Waals surface area contributed by atoms with Gasteiger partial charge in [0.15, 0.2) is 5.96 Å². The molecule has 0 aliphatic carbocycles. The van der Waals surface area contributed by atoms with E-state index in [0.29, 0.717) is 36.5 Å². The average Bonchev–Trinajstić information content (AvgIpc) is 3.09. The summed E-state index contributed by atoms with van der Waals surface area (Å²) in [5.74, 6) is -2.97. The summed E-state index contributed by atoms with van der Waals surface area (Å²) in [6.07, 6.45) is 6.96. The van der Waals surface area contributed by atoms with Crippen LogP contribution in [0, 0.1) is 5.92 Å². The van der Waals surface area contributed by atoms with Gasteiger partial charge in [0.05, 0.1) is 12.6 Å². The highest BCUT2D eigenvalue weighted by molar-refractivity contribution is 7.98. The normalized spacial score (nSPS) is 14.3. The van der Waals surface area contributed by atoms with Gasteiger partial charge in [-0.2, -0.15) is 35.3 Å². The van der Waals surface area contributed by atoms with E-state index in [1.54, 1.807) is 0 Å². The number of guanidine groups is 1. The van der Waals surface area contributed by atoms with E-state index in [-0.39, 0.29) is 37.7 Å². The smallest absolute Gasteiger partial charge is 0.243 e. The van der Waals surface area contributed by atoms with Gasteiger partial charge in [-0.05, 0) is 87.4 Å². The predicted molar refractivity (Wildman–Crippen MR) is 214 cm³/mol. The van der Waals surface area contributed by atoms with Crippen LogP contribution >= 0.6 is 35.3 Å². The molecule has 0 bridgehead atoms. The molecular formula is C32H61N11O7S3. The van der Waals surface area contributed by atoms with E-state index in [2.05, 4.69) is 36.9 Å². The standard InChI is InChI=1S/C32H61N11O7S3/c1-18(2)16-24(31(50)42-21(8-7-12-37-32(35)36)29(48)40-20(26(34)45)9-13-51-4)43-30(49)23(11-15-53-6)39-25(44)17-38-28(47)22(10-14-52-5)41-27(46)19(3)33/h18-24H,7-17,33H2,1-6H3,(H2,34,45)(H,38,47)(H,39,44)(H,40,48)(H,41,46)(H,42,50)(H,43,49)(H4,35,36,37)/t19-,20-,21-,22-,23-,24-/m0/s1. The molecule has 6 atom stereocenters. The first-order valence-electron chi connectivity index (χ1n) is 17.3. The number of nitrogens with two attached hydrogens (primary N) is 4. The van der Waals surface area contributed by atoms with Crippen molar-refractivity contribution in [3.63, 3.8) is 0 Å². The van der Waals surface area contributed by atoms with Gasteiger partial charge in [-0.3, -0.25) is 38.6 Å². The monoisotopic (exact) mass is 807 g/mol. The molecule has 14 N–H and O–H groups in total. The number of primary amides is 1. The number of carbonyl (C=O) groups is 7. The lowest BCUT2D eigenvalue weighted by Crippen LogP contribution is -2.58. The zero-order chi connectivity index (χ0) is 40.5. The van der Waals surface area contributed by atoms with Crippen molar-refractivity contribution in [2.24, 2.45) is 33.8 Å². The Morgan fingerprint density at radius 1 is 0.585 bits per heavy atom. The second kappa shape index (κ2) is 28.1. The van der Waals surface area contributed by atoms with E-state index < -0.39 is 84.1 Å². The second-order valence-electron chi connectivity index (χ2n) is 12.7. The Morgan fingerprint density at radius 2 is 1.02 bits per heavy atom. The first-order chi connectivity index (χ1) is 25.0. The minimum Gasteiger partial charge on any atom is -0.370 e. The number of nitrogens with one attached hydrogen (secondary N) is 6. The molecule has 0 unspecified atom stereocenters. The number of thioether (sulfide) groups is 3. The lowest BCUT2D eigenvalue weighted by atomic mass is 10.0. The largest absolute Gasteiger partial charge is 0.370 e. The van der Waals surface area contributed by atoms with Gasteiger partial charge in [-0.1, -0.05) is 13.8 Å². The Kier molecular flexibility index (Phi) is 26.3. The van der Waals surface area contributed by atoms with Gasteiger partial charge in [0, 0.05) is 6.54 Å². The van der Waals surface area contributed by atoms with Gasteiger partial charge in [0.1, 0.15) is 30.2 Å². The topological polar surface area (TPSA) is 308 Å². The Labute approximate surface area is 325 Å². The molecule has 0 saturated heterocycles. The van der Waals surface area contributed by atoms with Gasteiger partial charge in [-0.25, -0.2) is 0 Å². The van der Waals surface area contributed by atoms with E-state index in [9.17, 15) is 33.6 Å². The number of hydrogen-bond donors (Lipinski definition) is 10. The van der Waals surface area contributed by atoms with Crippen molar-refractivity contribution in [2.45, 2.75) is 95.5 Å². The van der Waals surface area contributed by atoms with Crippen molar-refractivity contribution < 1.29 is 33.6 Å². The van der Waals surface area contributed by atoms with Crippen molar-refractivity contribution in [2.75, 3.05) is 49.1 Å². The van der Waals surface area contributed by atoms with Gasteiger partial charge in [-0.15, -0.1) is 0 Å². The van der Waals surface area contributed by atoms with Gasteiger partial charge < -0.3 is 54.8 Å². The third-order valence-electron chi connectivity index (χ3n) is 7.53. The van der Waals surface area contributed by atoms with Gasteiger partial charge >= 0.3 is 0 Å². The number of hydrogen-bond acceptors (Lipinski definition) is 12. The molecule has 21 heteroatoms. The minimum atomic E-state index is -1.12. The van der Waals surface area contributed by atoms with Crippen LogP contribution in [0.5, 0.6) is 0 Å². The second-order valence-corrected chi connectivity index (χ2v) is 15.7. The van der Waals surface area contributed by atoms with Crippen molar-refractivity contribution in [3.8, 4) is 0 Å². The zero-order valence-electron chi connectivity index (χ0n) is 31.7. The first-order valence-corrected chi connectivity index (χ1v) is 21.5. The quantitative estimate of drug-likeness (QED) is 0.0227. The van der Waals surface area contributed by atoms with Crippen LogP contribution in [0.3, 0.4) is 0 Å². The summed E-state index contributed by atoms with van der Waals surface area (Å²) >= 11 is 4.41. The van der Waals surface area contributed by atoms with E-state index >= 15 is 0 Å². The summed E-state index contributed by atoms with van der Waals surface area (Å²) in [5.41, 5.74) is 22.0. The number of amides is 7. The Balaban J connectivity index is 5.94. The van der Waals surface area contributed by atoms with Crippen LogP contribution in [0.1, 0.15) is 59.3 Å². The van der Waals surface area contributed by atoms with E-state index in [4.69, 9.17) is 22.9 Å². The maximum absolute atomic E-state index is 13.7. The van der Waals surface area contributed by atoms with E-state index in [1.807, 2.05) is 32.6 Å². The fourth-order valence-corrected chi connectivity index (χ4v) is 6.08. The van der Waals surface area contributed by atoms with Crippen LogP contribution in [-0.4, -0.2) is 133 Å². The molecule has 0 radical (unpaired) electrons. The van der Waals surface area contributed by atoms with Crippen LogP contribution in [0.2, 0.25) is 0 Å². The molecule has 0 aliphatic rings. The third-order valence-corrected chi connectivity index (χ3v) is 9.46. The number of rotatable bonds is 28. The molecule has 7 amide bonds. The SMILES string of the molecule is CSCC[C@H](NC(=O)[C@H](CCCN=C(N)N)NC(=O)[C@H](CC(C)C)NC(=O)[C@H](CCSC)NC(=O)CNC(=O)[C@H](CCSC)NC(=O)[C@H](C)N)C(N)=O. The van der Waals surface area contributed by atoms with Crippen LogP contribution in [-0.2, 0) is 33.6 Å². The molecule has 0 aromatic heterocycles. The fraction of sp³-hybridized carbons (Fsp3) is 0.750. The van der Waals surface area contributed by atoms with Gasteiger partial charge in [0.25, 0.3) is 0 Å². The molecule has 0 aromatic carbocycles. The summed E-state index contributed by atoms with van der Waals surface area (Å²) in [4.78, 5) is 94.6. The zero-order valence-corrected chi connectivity index (χ0v) is 34.1. The molecule has 0 saturated carbocycles. The molecule has 0 fully saturated rings. The third kappa shape index (κ3) is 22.4. The lowest BCUT2D eigenvalue weighted by Gasteiger charge is -2.27. The highest BCUT2D eigenvalue weighted by Crippen LogP contribution is 2.10. The molecule has 0 aromatic rings. The Bertz CT molecular complexity index is 1220. The maximum atomic E-state index is 13.7. The number of aliphatic imine (C=N–C) groups is 1.